The van der Waals surface area contributed by atoms with E-state index in [0.717, 1.165) is 0 Å². The van der Waals surface area contributed by atoms with Gasteiger partial charge in [-0.05, 0) is 26.0 Å². The van der Waals surface area contributed by atoms with E-state index in [1.165, 1.54) is 6.26 Å². The summed E-state index contributed by atoms with van der Waals surface area (Å²) < 4.78 is 5.02. The van der Waals surface area contributed by atoms with E-state index in [4.69, 9.17) is 9.52 Å². The van der Waals surface area contributed by atoms with E-state index >= 15 is 0 Å². The first kappa shape index (κ1) is 11.9. The van der Waals surface area contributed by atoms with Crippen molar-refractivity contribution >= 4 is 5.78 Å². The van der Waals surface area contributed by atoms with Crippen LogP contribution in [0.3, 0.4) is 0 Å². The van der Waals surface area contributed by atoms with E-state index in [0.29, 0.717) is 12.3 Å². The molecule has 1 N–H and O–H groups in total. The van der Waals surface area contributed by atoms with Gasteiger partial charge in [0.15, 0.2) is 5.76 Å². The lowest BCUT2D eigenvalue weighted by Gasteiger charge is -2.24. The molecule has 0 saturated heterocycles. The molecule has 0 radical (unpaired) electrons. The molecule has 0 unspecified atom stereocenters. The van der Waals surface area contributed by atoms with Gasteiger partial charge in [0.25, 0.3) is 0 Å². The predicted octanol–water partition coefficient (Wildman–Crippen LogP) is 1.16. The van der Waals surface area contributed by atoms with Crippen molar-refractivity contribution < 1.29 is 14.3 Å². The summed E-state index contributed by atoms with van der Waals surface area (Å²) >= 11 is 0. The number of rotatable bonds is 6. The molecule has 4 heteroatoms. The van der Waals surface area contributed by atoms with Crippen molar-refractivity contribution in [2.75, 3.05) is 19.7 Å². The first-order chi connectivity index (χ1) is 7.15. The molecule has 0 amide bonds. The van der Waals surface area contributed by atoms with Crippen LogP contribution in [0.2, 0.25) is 0 Å². The summed E-state index contributed by atoms with van der Waals surface area (Å²) in [6, 6.07) is 3.58. The average molecular weight is 211 g/mol. The van der Waals surface area contributed by atoms with Gasteiger partial charge in [-0.1, -0.05) is 0 Å². The average Bonchev–Trinajstić information content (AvgIpc) is 2.69. The fourth-order valence-electron chi connectivity index (χ4n) is 1.35. The molecule has 0 saturated carbocycles. The van der Waals surface area contributed by atoms with Crippen molar-refractivity contribution in [1.82, 2.24) is 4.90 Å². The number of carbonyl (C=O) groups is 1. The smallest absolute Gasteiger partial charge is 0.211 e. The van der Waals surface area contributed by atoms with Gasteiger partial charge >= 0.3 is 0 Å². The number of hydrogen-bond donors (Lipinski definition) is 1. The standard InChI is InChI=1S/C11H17NO3/c1-9(2)12(5-6-13)8-10(14)11-4-3-7-15-11/h3-4,7,9,13H,5-6,8H2,1-2H3. The first-order valence-corrected chi connectivity index (χ1v) is 5.06. The van der Waals surface area contributed by atoms with E-state index in [1.54, 1.807) is 12.1 Å². The molecular weight excluding hydrogens is 194 g/mol. The van der Waals surface area contributed by atoms with Gasteiger partial charge in [-0.15, -0.1) is 0 Å². The van der Waals surface area contributed by atoms with Gasteiger partial charge in [-0.25, -0.2) is 0 Å². The minimum Gasteiger partial charge on any atom is -0.461 e. The second kappa shape index (κ2) is 5.68. The van der Waals surface area contributed by atoms with Gasteiger partial charge in [0, 0.05) is 12.6 Å². The van der Waals surface area contributed by atoms with E-state index in [9.17, 15) is 4.79 Å². The van der Waals surface area contributed by atoms with Gasteiger partial charge in [-0.3, -0.25) is 9.69 Å². The molecule has 0 aliphatic carbocycles. The monoisotopic (exact) mass is 211 g/mol. The third kappa shape index (κ3) is 3.49. The van der Waals surface area contributed by atoms with Crippen molar-refractivity contribution in [3.63, 3.8) is 0 Å². The lowest BCUT2D eigenvalue weighted by molar-refractivity contribution is 0.0854. The summed E-state index contributed by atoms with van der Waals surface area (Å²) in [4.78, 5) is 13.6. The Kier molecular flexibility index (Phi) is 4.52. The molecule has 0 spiro atoms. The first-order valence-electron chi connectivity index (χ1n) is 5.06. The number of hydrogen-bond acceptors (Lipinski definition) is 4. The minimum atomic E-state index is -0.0536. The highest BCUT2D eigenvalue weighted by atomic mass is 16.3. The molecule has 0 aromatic carbocycles. The summed E-state index contributed by atoms with van der Waals surface area (Å²) in [5, 5.41) is 8.85. The SMILES string of the molecule is CC(C)N(CCO)CC(=O)c1ccco1. The molecule has 1 aromatic rings. The Morgan fingerprint density at radius 2 is 2.33 bits per heavy atom. The third-order valence-electron chi connectivity index (χ3n) is 2.26. The zero-order valence-corrected chi connectivity index (χ0v) is 9.14. The minimum absolute atomic E-state index is 0.0536. The Bertz CT molecular complexity index is 293. The van der Waals surface area contributed by atoms with Crippen molar-refractivity contribution in [2.24, 2.45) is 0 Å². The van der Waals surface area contributed by atoms with E-state index in [-0.39, 0.29) is 25.0 Å². The van der Waals surface area contributed by atoms with E-state index in [2.05, 4.69) is 0 Å². The van der Waals surface area contributed by atoms with Crippen LogP contribution in [0.5, 0.6) is 0 Å². The number of aliphatic hydroxyl groups excluding tert-OH is 1. The molecule has 0 aliphatic heterocycles. The second-order valence-electron chi connectivity index (χ2n) is 3.69. The highest BCUT2D eigenvalue weighted by Crippen LogP contribution is 2.05. The maximum atomic E-state index is 11.7. The van der Waals surface area contributed by atoms with Crippen molar-refractivity contribution in [1.29, 1.82) is 0 Å². The lowest BCUT2D eigenvalue weighted by atomic mass is 10.2. The molecule has 1 rings (SSSR count). The Hall–Kier alpha value is -1.13. The number of carbonyl (C=O) groups excluding carboxylic acids is 1. The van der Waals surface area contributed by atoms with Crippen LogP contribution < -0.4 is 0 Å². The summed E-state index contributed by atoms with van der Waals surface area (Å²) in [7, 11) is 0. The second-order valence-corrected chi connectivity index (χ2v) is 3.69. The van der Waals surface area contributed by atoms with Crippen LogP contribution in [0.4, 0.5) is 0 Å². The van der Waals surface area contributed by atoms with Gasteiger partial charge in [0.1, 0.15) is 0 Å². The van der Waals surface area contributed by atoms with Crippen LogP contribution in [0.25, 0.3) is 0 Å². The Morgan fingerprint density at radius 1 is 1.60 bits per heavy atom. The molecule has 1 aromatic heterocycles. The molecule has 0 atom stereocenters. The zero-order chi connectivity index (χ0) is 11.3. The van der Waals surface area contributed by atoms with Crippen molar-refractivity contribution in [3.8, 4) is 0 Å². The van der Waals surface area contributed by atoms with Crippen LogP contribution >= 0.6 is 0 Å². The number of aliphatic hydroxyl groups is 1. The number of Topliss-reactive ketones (excluding diaryl/α,β-unsaturated/α-hetero) is 1. The molecule has 0 bridgehead atoms. The lowest BCUT2D eigenvalue weighted by Crippen LogP contribution is -2.37. The highest BCUT2D eigenvalue weighted by Gasteiger charge is 2.16. The van der Waals surface area contributed by atoms with Gasteiger partial charge in [-0.2, -0.15) is 0 Å². The predicted molar refractivity (Wildman–Crippen MR) is 56.8 cm³/mol. The van der Waals surface area contributed by atoms with Gasteiger partial charge in [0.2, 0.25) is 5.78 Å². The number of furan rings is 1. The number of ketones is 1. The summed E-state index contributed by atoms with van der Waals surface area (Å²) in [6.45, 7) is 4.83. The maximum absolute atomic E-state index is 11.7. The summed E-state index contributed by atoms with van der Waals surface area (Å²) in [6.07, 6.45) is 1.49. The molecule has 0 aliphatic rings. The Labute approximate surface area is 89.5 Å². The van der Waals surface area contributed by atoms with Crippen molar-refractivity contribution in [2.45, 2.75) is 19.9 Å². The van der Waals surface area contributed by atoms with Crippen LogP contribution in [-0.2, 0) is 0 Å². The Morgan fingerprint density at radius 3 is 2.80 bits per heavy atom. The van der Waals surface area contributed by atoms with E-state index < -0.39 is 0 Å². The van der Waals surface area contributed by atoms with Crippen LogP contribution in [0.15, 0.2) is 22.8 Å². The maximum Gasteiger partial charge on any atom is 0.211 e. The zero-order valence-electron chi connectivity index (χ0n) is 9.14. The number of nitrogens with zero attached hydrogens (tertiary/aromatic N) is 1. The molecule has 0 fully saturated rings. The third-order valence-corrected chi connectivity index (χ3v) is 2.26. The van der Waals surface area contributed by atoms with E-state index in [1.807, 2.05) is 18.7 Å². The van der Waals surface area contributed by atoms with Gasteiger partial charge in [0.05, 0.1) is 19.4 Å². The molecular formula is C11H17NO3. The fraction of sp³-hybridized carbons (Fsp3) is 0.545. The van der Waals surface area contributed by atoms with Crippen LogP contribution in [0.1, 0.15) is 24.4 Å². The molecule has 1 heterocycles. The van der Waals surface area contributed by atoms with Crippen molar-refractivity contribution in [3.05, 3.63) is 24.2 Å². The Balaban J connectivity index is 2.55. The van der Waals surface area contributed by atoms with Crippen LogP contribution in [0, 0.1) is 0 Å². The highest BCUT2D eigenvalue weighted by molar-refractivity contribution is 5.95. The summed E-state index contributed by atoms with van der Waals surface area (Å²) in [5.74, 6) is 0.320. The van der Waals surface area contributed by atoms with Gasteiger partial charge < -0.3 is 9.52 Å². The molecule has 4 nitrogen and oxygen atoms in total. The summed E-state index contributed by atoms with van der Waals surface area (Å²) in [5.41, 5.74) is 0. The fourth-order valence-corrected chi connectivity index (χ4v) is 1.35. The largest absolute Gasteiger partial charge is 0.461 e. The normalized spacial score (nSPS) is 11.3. The topological polar surface area (TPSA) is 53.7 Å². The van der Waals surface area contributed by atoms with Crippen LogP contribution in [-0.4, -0.2) is 41.5 Å². The quantitative estimate of drug-likeness (QED) is 0.717. The molecule has 15 heavy (non-hydrogen) atoms. The molecule has 84 valence electrons.